The molecule has 0 spiro atoms. The van der Waals surface area contributed by atoms with E-state index in [0.717, 1.165) is 13.0 Å². The van der Waals surface area contributed by atoms with Crippen LogP contribution in [0.5, 0.6) is 5.88 Å². The number of methoxy groups -OCH3 is 1. The van der Waals surface area contributed by atoms with E-state index in [1.165, 1.54) is 13.2 Å². The Morgan fingerprint density at radius 2 is 2.00 bits per heavy atom. The summed E-state index contributed by atoms with van der Waals surface area (Å²) in [6.45, 7) is 2.82. The lowest BCUT2D eigenvalue weighted by Gasteiger charge is -2.33. The normalized spacial score (nSPS) is 19.1. The summed E-state index contributed by atoms with van der Waals surface area (Å²) in [5.74, 6) is -0.716. The van der Waals surface area contributed by atoms with Crippen molar-refractivity contribution in [3.05, 3.63) is 81.2 Å². The number of sulfone groups is 1. The number of nitrogens with one attached hydrogen (secondary N) is 1. The van der Waals surface area contributed by atoms with Gasteiger partial charge in [0.25, 0.3) is 5.91 Å². The first-order chi connectivity index (χ1) is 19.6. The Morgan fingerprint density at radius 1 is 1.22 bits per heavy atom. The van der Waals surface area contributed by atoms with Crippen molar-refractivity contribution in [1.82, 2.24) is 19.6 Å². The van der Waals surface area contributed by atoms with E-state index >= 15 is 0 Å². The first-order valence-electron chi connectivity index (χ1n) is 13.2. The van der Waals surface area contributed by atoms with Crippen LogP contribution in [0, 0.1) is 12.7 Å². The number of hydrogen-bond acceptors (Lipinski definition) is 6. The minimum absolute atomic E-state index is 0.0395. The lowest BCUT2D eigenvalue weighted by molar-refractivity contribution is 0.0676. The van der Waals surface area contributed by atoms with Gasteiger partial charge in [0.1, 0.15) is 11.5 Å². The Hall–Kier alpha value is -3.18. The average molecular weight is 618 g/mol. The SMILES string of the molecule is COc1cccc2nc(C(=O)N(CC[C@@H]3CCN3)C3CS(=O)(=O)c4c3ccc(Cl)c4Cl)c(-c3ccc(F)c(C)c3)n12. The number of amides is 1. The van der Waals surface area contributed by atoms with Gasteiger partial charge in [-0.2, -0.15) is 0 Å². The zero-order valence-corrected chi connectivity index (χ0v) is 24.7. The Bertz CT molecular complexity index is 1810. The van der Waals surface area contributed by atoms with E-state index in [-0.39, 0.29) is 44.8 Å². The van der Waals surface area contributed by atoms with Gasteiger partial charge in [-0.25, -0.2) is 17.8 Å². The molecule has 2 aliphatic heterocycles. The number of nitrogens with zero attached hydrogens (tertiary/aromatic N) is 3. The topological polar surface area (TPSA) is 93.0 Å². The van der Waals surface area contributed by atoms with Crippen molar-refractivity contribution in [2.75, 3.05) is 26.0 Å². The number of pyridine rings is 1. The van der Waals surface area contributed by atoms with Crippen LogP contribution in [0.2, 0.25) is 10.0 Å². The number of carbonyl (C=O) groups excluding carboxylic acids is 1. The molecule has 1 amide bonds. The highest BCUT2D eigenvalue weighted by molar-refractivity contribution is 7.92. The van der Waals surface area contributed by atoms with Crippen LogP contribution in [0.15, 0.2) is 53.4 Å². The molecule has 6 rings (SSSR count). The second-order valence-electron chi connectivity index (χ2n) is 10.3. The molecule has 214 valence electrons. The van der Waals surface area contributed by atoms with Crippen LogP contribution < -0.4 is 10.1 Å². The molecule has 4 heterocycles. The van der Waals surface area contributed by atoms with Gasteiger partial charge in [-0.05, 0) is 73.8 Å². The molecule has 2 aliphatic rings. The first-order valence-corrected chi connectivity index (χ1v) is 15.6. The molecule has 1 unspecified atom stereocenters. The van der Waals surface area contributed by atoms with Gasteiger partial charge in [0.15, 0.2) is 21.4 Å². The smallest absolute Gasteiger partial charge is 0.275 e. The molecule has 1 fully saturated rings. The quantitative estimate of drug-likeness (QED) is 0.295. The Kier molecular flexibility index (Phi) is 7.22. The summed E-state index contributed by atoms with van der Waals surface area (Å²) >= 11 is 12.6. The number of ether oxygens (including phenoxy) is 1. The first kappa shape index (κ1) is 28.0. The molecule has 1 N–H and O–H groups in total. The summed E-state index contributed by atoms with van der Waals surface area (Å²) < 4.78 is 48.2. The van der Waals surface area contributed by atoms with Crippen LogP contribution in [0.3, 0.4) is 0 Å². The minimum atomic E-state index is -3.82. The Balaban J connectivity index is 1.53. The number of fused-ring (bicyclic) bond motifs is 2. The van der Waals surface area contributed by atoms with Gasteiger partial charge in [0.05, 0.1) is 39.5 Å². The Morgan fingerprint density at radius 3 is 2.68 bits per heavy atom. The second kappa shape index (κ2) is 10.6. The molecule has 2 atom stereocenters. The van der Waals surface area contributed by atoms with E-state index in [1.54, 1.807) is 58.7 Å². The fourth-order valence-corrected chi connectivity index (χ4v) is 8.25. The predicted molar refractivity (Wildman–Crippen MR) is 155 cm³/mol. The lowest BCUT2D eigenvalue weighted by Crippen LogP contribution is -2.46. The van der Waals surface area contributed by atoms with E-state index in [9.17, 15) is 17.6 Å². The molecule has 0 radical (unpaired) electrons. The van der Waals surface area contributed by atoms with Crippen LogP contribution in [0.1, 0.15) is 40.5 Å². The summed E-state index contributed by atoms with van der Waals surface area (Å²) in [5.41, 5.74) is 2.38. The predicted octanol–water partition coefficient (Wildman–Crippen LogP) is 5.49. The minimum Gasteiger partial charge on any atom is -0.482 e. The maximum atomic E-state index is 14.6. The van der Waals surface area contributed by atoms with Gasteiger partial charge in [-0.3, -0.25) is 9.20 Å². The molecular weight excluding hydrogens is 590 g/mol. The molecule has 0 bridgehead atoms. The summed E-state index contributed by atoms with van der Waals surface area (Å²) in [6, 6.07) is 12.4. The van der Waals surface area contributed by atoms with Crippen molar-refractivity contribution in [1.29, 1.82) is 0 Å². The van der Waals surface area contributed by atoms with Gasteiger partial charge in [0, 0.05) is 18.2 Å². The summed E-state index contributed by atoms with van der Waals surface area (Å²) in [6.07, 6.45) is 1.59. The number of rotatable bonds is 7. The number of hydrogen-bond donors (Lipinski definition) is 1. The van der Waals surface area contributed by atoms with Crippen molar-refractivity contribution in [3.63, 3.8) is 0 Å². The third-order valence-corrected chi connectivity index (χ3v) is 10.6. The highest BCUT2D eigenvalue weighted by Gasteiger charge is 2.43. The molecule has 1 saturated heterocycles. The van der Waals surface area contributed by atoms with Crippen LogP contribution in [-0.2, 0) is 9.84 Å². The average Bonchev–Trinajstić information content (AvgIpc) is 3.44. The van der Waals surface area contributed by atoms with E-state index < -0.39 is 21.8 Å². The molecular formula is C29H27Cl2FN4O4S. The third kappa shape index (κ3) is 4.76. The van der Waals surface area contributed by atoms with E-state index in [2.05, 4.69) is 5.32 Å². The molecule has 41 heavy (non-hydrogen) atoms. The number of aryl methyl sites for hydroxylation is 1. The van der Waals surface area contributed by atoms with Crippen molar-refractivity contribution in [3.8, 4) is 17.1 Å². The molecule has 2 aromatic carbocycles. The van der Waals surface area contributed by atoms with Crippen LogP contribution in [-0.4, -0.2) is 60.6 Å². The van der Waals surface area contributed by atoms with E-state index in [1.807, 2.05) is 0 Å². The zero-order chi connectivity index (χ0) is 29.1. The number of halogens is 3. The zero-order valence-electron chi connectivity index (χ0n) is 22.3. The van der Waals surface area contributed by atoms with Gasteiger partial charge >= 0.3 is 0 Å². The summed E-state index contributed by atoms with van der Waals surface area (Å²) in [5, 5.41) is 3.43. The summed E-state index contributed by atoms with van der Waals surface area (Å²) in [4.78, 5) is 20.8. The van der Waals surface area contributed by atoms with Crippen LogP contribution >= 0.6 is 23.2 Å². The molecule has 2 aromatic heterocycles. The number of carbonyl (C=O) groups is 1. The summed E-state index contributed by atoms with van der Waals surface area (Å²) in [7, 11) is -2.30. The monoisotopic (exact) mass is 616 g/mol. The van der Waals surface area contributed by atoms with Gasteiger partial charge < -0.3 is 15.0 Å². The van der Waals surface area contributed by atoms with Crippen molar-refractivity contribution >= 4 is 44.6 Å². The molecule has 0 aliphatic carbocycles. The number of imidazole rings is 1. The van der Waals surface area contributed by atoms with Crippen molar-refractivity contribution in [2.45, 2.75) is 36.7 Å². The maximum absolute atomic E-state index is 14.6. The van der Waals surface area contributed by atoms with E-state index in [0.29, 0.717) is 40.3 Å². The maximum Gasteiger partial charge on any atom is 0.275 e. The van der Waals surface area contributed by atoms with Gasteiger partial charge in [-0.1, -0.05) is 35.3 Å². The molecule has 4 aromatic rings. The fourth-order valence-electron chi connectivity index (χ4n) is 5.62. The molecule has 0 saturated carbocycles. The van der Waals surface area contributed by atoms with Gasteiger partial charge in [-0.15, -0.1) is 0 Å². The highest BCUT2D eigenvalue weighted by atomic mass is 35.5. The fraction of sp³-hybridized carbons (Fsp3) is 0.310. The van der Waals surface area contributed by atoms with E-state index in [4.69, 9.17) is 32.9 Å². The third-order valence-electron chi connectivity index (χ3n) is 7.86. The highest BCUT2D eigenvalue weighted by Crippen LogP contribution is 2.44. The Labute approximate surface area is 247 Å². The molecule has 8 nitrogen and oxygen atoms in total. The van der Waals surface area contributed by atoms with Crippen LogP contribution in [0.4, 0.5) is 4.39 Å². The van der Waals surface area contributed by atoms with Crippen molar-refractivity contribution in [2.24, 2.45) is 0 Å². The van der Waals surface area contributed by atoms with Crippen molar-refractivity contribution < 1.29 is 22.3 Å². The second-order valence-corrected chi connectivity index (χ2v) is 13.1. The van der Waals surface area contributed by atoms with Crippen LogP contribution in [0.25, 0.3) is 16.9 Å². The largest absolute Gasteiger partial charge is 0.482 e. The molecule has 12 heteroatoms. The number of aromatic nitrogens is 2. The van der Waals surface area contributed by atoms with Gasteiger partial charge in [0.2, 0.25) is 0 Å². The lowest BCUT2D eigenvalue weighted by atomic mass is 10.0. The standard InChI is InChI=1S/C29H27Cl2FN4O4S/c1-16-14-17(6-9-21(16)32)27-26(34-23-4-3-5-24(40-2)36(23)27)29(37)35(13-11-18-10-12-33-18)22-15-41(38,39)28-19(22)7-8-20(30)25(28)31/h3-9,14,18,22,33H,10-13,15H2,1-2H3/t18-,22?/m0/s1. The number of benzene rings is 2.